The van der Waals surface area contributed by atoms with E-state index in [1.165, 1.54) is 6.92 Å². The molecule has 0 rings (SSSR count). The Balaban J connectivity index is 3.68. The van der Waals surface area contributed by atoms with Gasteiger partial charge in [0.2, 0.25) is 0 Å². The summed E-state index contributed by atoms with van der Waals surface area (Å²) in [5.41, 5.74) is 0. The molecule has 36 valence electrons. The largest absolute Gasteiger partial charge is 0.210 e. The van der Waals surface area contributed by atoms with Crippen LogP contribution in [0.4, 0.5) is 4.39 Å². The Morgan fingerprint density at radius 2 is 1.67 bits per heavy atom. The minimum Gasteiger partial charge on any atom is -0.210 e. The number of hydrogen-bond acceptors (Lipinski definition) is 0. The Morgan fingerprint density at radius 3 is 1.67 bits per heavy atom. The van der Waals surface area contributed by atoms with E-state index in [0.717, 1.165) is 0 Å². The quantitative estimate of drug-likeness (QED) is 0.471. The summed E-state index contributed by atoms with van der Waals surface area (Å²) < 4.78 is 11.1. The summed E-state index contributed by atoms with van der Waals surface area (Å²) in [6.07, 6.45) is 0. The Labute approximate surface area is 45.6 Å². The van der Waals surface area contributed by atoms with Crippen LogP contribution in [0.3, 0.4) is 0 Å². The maximum absolute atomic E-state index is 11.4. The molecule has 0 aromatic rings. The van der Waals surface area contributed by atoms with Crippen LogP contribution in [-0.4, -0.2) is 0 Å². The maximum atomic E-state index is 11.4. The average molecular weight is 129 g/mol. The molecular formula is C3H3Cl2F. The van der Waals surface area contributed by atoms with Gasteiger partial charge in [0, 0.05) is 0 Å². The molecular weight excluding hydrogens is 126 g/mol. The van der Waals surface area contributed by atoms with E-state index in [0.29, 0.717) is 0 Å². The van der Waals surface area contributed by atoms with Crippen molar-refractivity contribution in [2.75, 3.05) is 0 Å². The van der Waals surface area contributed by atoms with E-state index in [1.54, 1.807) is 0 Å². The second kappa shape index (κ2) is 2.43. The van der Waals surface area contributed by atoms with Crippen molar-refractivity contribution in [3.8, 4) is 0 Å². The molecule has 0 spiro atoms. The van der Waals surface area contributed by atoms with E-state index in [1.807, 2.05) is 0 Å². The normalized spacial score (nSPS) is 8.00. The summed E-state index contributed by atoms with van der Waals surface area (Å²) in [5.74, 6) is -0.543. The third-order valence-electron chi connectivity index (χ3n) is 0.260. The van der Waals surface area contributed by atoms with E-state index < -0.39 is 5.83 Å². The van der Waals surface area contributed by atoms with Gasteiger partial charge < -0.3 is 0 Å². The van der Waals surface area contributed by atoms with Crippen molar-refractivity contribution in [3.63, 3.8) is 0 Å². The fourth-order valence-electron chi connectivity index (χ4n) is 0. The molecule has 6 heavy (non-hydrogen) atoms. The lowest BCUT2D eigenvalue weighted by Crippen LogP contribution is -1.55. The highest BCUT2D eigenvalue weighted by molar-refractivity contribution is 6.56. The first kappa shape index (κ1) is 6.25. The fraction of sp³-hybridized carbons (Fsp3) is 0.333. The second-order valence-electron chi connectivity index (χ2n) is 0.794. The summed E-state index contributed by atoms with van der Waals surface area (Å²) in [5, 5.41) is 0. The second-order valence-corrected chi connectivity index (χ2v) is 1.74. The molecule has 0 aromatic heterocycles. The number of hydrogen-bond donors (Lipinski definition) is 0. The molecule has 0 aromatic carbocycles. The van der Waals surface area contributed by atoms with Crippen molar-refractivity contribution < 1.29 is 4.39 Å². The monoisotopic (exact) mass is 128 g/mol. The van der Waals surface area contributed by atoms with Gasteiger partial charge in [-0.3, -0.25) is 0 Å². The van der Waals surface area contributed by atoms with Crippen molar-refractivity contribution in [1.82, 2.24) is 0 Å². The standard InChI is InChI=1S/C3H3Cl2F/c1-2(6)3(4)5/h1H3. The van der Waals surface area contributed by atoms with Gasteiger partial charge in [0.1, 0.15) is 10.3 Å². The van der Waals surface area contributed by atoms with Crippen LogP contribution in [0.1, 0.15) is 6.92 Å². The lowest BCUT2D eigenvalue weighted by atomic mass is 10.7. The van der Waals surface area contributed by atoms with Crippen molar-refractivity contribution in [2.45, 2.75) is 6.92 Å². The van der Waals surface area contributed by atoms with E-state index >= 15 is 0 Å². The summed E-state index contributed by atoms with van der Waals surface area (Å²) in [7, 11) is 0. The van der Waals surface area contributed by atoms with Gasteiger partial charge in [0.25, 0.3) is 0 Å². The van der Waals surface area contributed by atoms with Crippen LogP contribution >= 0.6 is 23.2 Å². The van der Waals surface area contributed by atoms with E-state index in [-0.39, 0.29) is 4.49 Å². The van der Waals surface area contributed by atoms with Crippen LogP contribution < -0.4 is 0 Å². The van der Waals surface area contributed by atoms with E-state index in [9.17, 15) is 4.39 Å². The Hall–Kier alpha value is 0.250. The summed E-state index contributed by atoms with van der Waals surface area (Å²) in [4.78, 5) is 0. The average Bonchev–Trinajstić information content (AvgIpc) is 1.36. The third-order valence-corrected chi connectivity index (χ3v) is 0.781. The van der Waals surface area contributed by atoms with Crippen molar-refractivity contribution >= 4 is 23.2 Å². The molecule has 0 heterocycles. The molecule has 0 saturated heterocycles. The lowest BCUT2D eigenvalue weighted by molar-refractivity contribution is 0.640. The molecule has 0 radical (unpaired) electrons. The van der Waals surface area contributed by atoms with Crippen LogP contribution in [-0.2, 0) is 0 Å². The smallest absolute Gasteiger partial charge is 0.137 e. The molecule has 0 amide bonds. The fourth-order valence-corrected chi connectivity index (χ4v) is 0. The van der Waals surface area contributed by atoms with Crippen LogP contribution in [0.25, 0.3) is 0 Å². The van der Waals surface area contributed by atoms with E-state index in [2.05, 4.69) is 0 Å². The Kier molecular flexibility index (Phi) is 2.53. The first-order valence-electron chi connectivity index (χ1n) is 1.32. The zero-order chi connectivity index (χ0) is 5.15. The molecule has 0 bridgehead atoms. The molecule has 0 aliphatic rings. The molecule has 0 saturated carbocycles. The molecule has 0 aliphatic heterocycles. The number of allylic oxidation sites excluding steroid dienone is 1. The van der Waals surface area contributed by atoms with Crippen LogP contribution in [0.5, 0.6) is 0 Å². The SMILES string of the molecule is CC(F)=C(Cl)Cl. The van der Waals surface area contributed by atoms with Crippen LogP contribution in [0.2, 0.25) is 0 Å². The van der Waals surface area contributed by atoms with Crippen molar-refractivity contribution in [1.29, 1.82) is 0 Å². The van der Waals surface area contributed by atoms with Gasteiger partial charge in [-0.15, -0.1) is 0 Å². The van der Waals surface area contributed by atoms with Gasteiger partial charge in [-0.1, -0.05) is 23.2 Å². The van der Waals surface area contributed by atoms with E-state index in [4.69, 9.17) is 23.2 Å². The summed E-state index contributed by atoms with van der Waals surface area (Å²) >= 11 is 9.77. The molecule has 3 heteroatoms. The van der Waals surface area contributed by atoms with Crippen LogP contribution in [0.15, 0.2) is 10.3 Å². The highest BCUT2D eigenvalue weighted by Gasteiger charge is 1.87. The van der Waals surface area contributed by atoms with Gasteiger partial charge in [0.05, 0.1) is 0 Å². The van der Waals surface area contributed by atoms with Crippen molar-refractivity contribution in [3.05, 3.63) is 10.3 Å². The Bertz CT molecular complexity index is 58.9. The minimum atomic E-state index is -0.543. The predicted octanol–water partition coefficient (Wildman–Crippen LogP) is 2.62. The first-order valence-corrected chi connectivity index (χ1v) is 2.07. The van der Waals surface area contributed by atoms with Gasteiger partial charge in [-0.05, 0) is 6.92 Å². The minimum absolute atomic E-state index is 0.296. The number of rotatable bonds is 0. The first-order chi connectivity index (χ1) is 2.64. The highest BCUT2D eigenvalue weighted by Crippen LogP contribution is 2.13. The molecule has 0 N–H and O–H groups in total. The summed E-state index contributed by atoms with van der Waals surface area (Å²) in [6, 6.07) is 0. The van der Waals surface area contributed by atoms with Gasteiger partial charge in [0.15, 0.2) is 0 Å². The third kappa shape index (κ3) is 2.49. The van der Waals surface area contributed by atoms with Gasteiger partial charge in [-0.2, -0.15) is 0 Å². The van der Waals surface area contributed by atoms with Gasteiger partial charge in [-0.25, -0.2) is 4.39 Å². The van der Waals surface area contributed by atoms with Crippen molar-refractivity contribution in [2.24, 2.45) is 0 Å². The topological polar surface area (TPSA) is 0 Å². The number of halogens is 3. The lowest BCUT2D eigenvalue weighted by Gasteiger charge is -1.77. The maximum Gasteiger partial charge on any atom is 0.137 e. The zero-order valence-corrected chi connectivity index (χ0v) is 4.65. The summed E-state index contributed by atoms with van der Waals surface area (Å²) in [6.45, 7) is 1.19. The molecule has 0 fully saturated rings. The van der Waals surface area contributed by atoms with Crippen LogP contribution in [0, 0.1) is 0 Å². The Morgan fingerprint density at radius 1 is 1.50 bits per heavy atom. The molecule has 0 unspecified atom stereocenters. The predicted molar refractivity (Wildman–Crippen MR) is 25.5 cm³/mol. The van der Waals surface area contributed by atoms with Gasteiger partial charge >= 0.3 is 0 Å². The zero-order valence-electron chi connectivity index (χ0n) is 3.13. The molecule has 0 nitrogen and oxygen atoms in total. The molecule has 0 atom stereocenters. The highest BCUT2D eigenvalue weighted by atomic mass is 35.5. The molecule has 0 aliphatic carbocycles.